The molecule has 2 rings (SSSR count). The molecule has 1 heterocycles. The van der Waals surface area contributed by atoms with Crippen LogP contribution in [0.25, 0.3) is 11.3 Å². The van der Waals surface area contributed by atoms with E-state index < -0.39 is 39.7 Å². The maximum absolute atomic E-state index is 14.2. The lowest BCUT2D eigenvalue weighted by atomic mass is 10.0. The van der Waals surface area contributed by atoms with Crippen LogP contribution >= 0.6 is 23.2 Å². The molecule has 0 fully saturated rings. The van der Waals surface area contributed by atoms with Crippen molar-refractivity contribution in [3.63, 3.8) is 0 Å². The van der Waals surface area contributed by atoms with Crippen molar-refractivity contribution in [2.24, 2.45) is 5.73 Å². The van der Waals surface area contributed by atoms with Crippen molar-refractivity contribution in [3.05, 3.63) is 34.3 Å². The van der Waals surface area contributed by atoms with Gasteiger partial charge in [0.2, 0.25) is 5.76 Å². The van der Waals surface area contributed by atoms with E-state index in [4.69, 9.17) is 40.1 Å². The molecule has 10 heteroatoms. The fourth-order valence-electron chi connectivity index (χ4n) is 1.84. The van der Waals surface area contributed by atoms with Crippen molar-refractivity contribution >= 4 is 29.1 Å². The second-order valence-electron chi connectivity index (χ2n) is 4.35. The van der Waals surface area contributed by atoms with Gasteiger partial charge in [-0.1, -0.05) is 22.7 Å². The van der Waals surface area contributed by atoms with Crippen molar-refractivity contribution in [3.8, 4) is 29.4 Å². The van der Waals surface area contributed by atoms with Crippen LogP contribution in [0.4, 0.5) is 13.2 Å². The number of ether oxygens (including phenoxy) is 1. The average Bonchev–Trinajstić information content (AvgIpc) is 2.91. The zero-order valence-electron chi connectivity index (χ0n) is 11.6. The lowest BCUT2D eigenvalue weighted by molar-refractivity contribution is 0.0587. The Kier molecular flexibility index (Phi) is 4.96. The molecule has 0 aliphatic heterocycles. The highest BCUT2D eigenvalue weighted by Crippen LogP contribution is 2.40. The van der Waals surface area contributed by atoms with Crippen LogP contribution < -0.4 is 10.5 Å². The van der Waals surface area contributed by atoms with Crippen LogP contribution in [0.15, 0.2) is 16.7 Å². The van der Waals surface area contributed by atoms with E-state index in [9.17, 15) is 18.0 Å². The molecule has 1 aromatic heterocycles. The second-order valence-corrected chi connectivity index (χ2v) is 5.23. The Morgan fingerprint density at radius 2 is 2.17 bits per heavy atom. The molecule has 126 valence electrons. The summed E-state index contributed by atoms with van der Waals surface area (Å²) < 4.78 is 50.2. The standard InChI is InChI=1S/C14H7Cl2F3N2O3/c1-2-3-23-9-4-6(8(17)5-7(9)15)11-10(13(20)22)12(24-21-11)14(16,18)19/h1,4-5H,3H2,(H2,20,22). The SMILES string of the molecule is C#CCOc1cc(-c2noc(C(F)(F)Cl)c2C(N)=O)c(F)cc1Cl. The number of amides is 1. The smallest absolute Gasteiger partial charge is 0.383 e. The molecule has 0 atom stereocenters. The number of terminal acetylenes is 1. The highest BCUT2D eigenvalue weighted by molar-refractivity contribution is 6.32. The van der Waals surface area contributed by atoms with E-state index in [2.05, 4.69) is 15.6 Å². The van der Waals surface area contributed by atoms with Crippen LogP contribution in [-0.2, 0) is 5.38 Å². The Hall–Kier alpha value is -2.37. The number of nitrogens with zero attached hydrogens (tertiary/aromatic N) is 1. The van der Waals surface area contributed by atoms with Crippen LogP contribution in [0, 0.1) is 18.2 Å². The Balaban J connectivity index is 2.67. The van der Waals surface area contributed by atoms with Crippen LogP contribution in [0.2, 0.25) is 5.02 Å². The Morgan fingerprint density at radius 3 is 2.71 bits per heavy atom. The number of rotatable bonds is 5. The third-order valence-corrected chi connectivity index (χ3v) is 3.25. The predicted octanol–water partition coefficient (Wildman–Crippen LogP) is 3.53. The quantitative estimate of drug-likeness (QED) is 0.637. The predicted molar refractivity (Wildman–Crippen MR) is 79.5 cm³/mol. The number of nitrogens with two attached hydrogens (primary N) is 1. The van der Waals surface area contributed by atoms with Gasteiger partial charge in [-0.3, -0.25) is 4.79 Å². The van der Waals surface area contributed by atoms with Crippen molar-refractivity contribution < 1.29 is 27.2 Å². The molecular weight excluding hydrogens is 372 g/mol. The van der Waals surface area contributed by atoms with Gasteiger partial charge in [-0.2, -0.15) is 8.78 Å². The van der Waals surface area contributed by atoms with Crippen molar-refractivity contribution in [1.29, 1.82) is 0 Å². The molecule has 0 aliphatic carbocycles. The van der Waals surface area contributed by atoms with E-state index in [0.717, 1.165) is 12.1 Å². The first kappa shape index (κ1) is 18.0. The van der Waals surface area contributed by atoms with E-state index in [1.807, 2.05) is 0 Å². The fraction of sp³-hybridized carbons (Fsp3) is 0.143. The normalized spacial score (nSPS) is 11.2. The minimum Gasteiger partial charge on any atom is -0.479 e. The molecule has 1 aromatic carbocycles. The molecular formula is C14H7Cl2F3N2O3. The minimum atomic E-state index is -4.07. The number of carbonyl (C=O) groups is 1. The number of hydrogen-bond acceptors (Lipinski definition) is 4. The fourth-order valence-corrected chi connectivity index (χ4v) is 2.17. The summed E-state index contributed by atoms with van der Waals surface area (Å²) in [4.78, 5) is 11.5. The Labute approximate surface area is 143 Å². The van der Waals surface area contributed by atoms with Gasteiger partial charge in [-0.25, -0.2) is 4.39 Å². The van der Waals surface area contributed by atoms with Crippen LogP contribution in [0.1, 0.15) is 16.1 Å². The molecule has 0 saturated carbocycles. The highest BCUT2D eigenvalue weighted by Gasteiger charge is 2.40. The van der Waals surface area contributed by atoms with Gasteiger partial charge < -0.3 is 15.0 Å². The molecule has 1 amide bonds. The first-order valence-electron chi connectivity index (χ1n) is 6.09. The van der Waals surface area contributed by atoms with E-state index >= 15 is 0 Å². The molecule has 0 saturated heterocycles. The maximum Gasteiger partial charge on any atom is 0.383 e. The average molecular weight is 379 g/mol. The molecule has 0 spiro atoms. The lowest BCUT2D eigenvalue weighted by Crippen LogP contribution is -2.17. The highest BCUT2D eigenvalue weighted by atomic mass is 35.5. The third kappa shape index (κ3) is 3.42. The molecule has 0 unspecified atom stereocenters. The Morgan fingerprint density at radius 1 is 1.50 bits per heavy atom. The van der Waals surface area contributed by atoms with Crippen molar-refractivity contribution in [2.45, 2.75) is 5.38 Å². The first-order chi connectivity index (χ1) is 11.2. The van der Waals surface area contributed by atoms with Gasteiger partial charge >= 0.3 is 5.38 Å². The maximum atomic E-state index is 14.2. The van der Waals surface area contributed by atoms with Gasteiger partial charge in [-0.05, 0) is 23.7 Å². The van der Waals surface area contributed by atoms with Gasteiger partial charge in [0, 0.05) is 5.56 Å². The van der Waals surface area contributed by atoms with Crippen LogP contribution in [0.5, 0.6) is 5.75 Å². The van der Waals surface area contributed by atoms with Crippen LogP contribution in [-0.4, -0.2) is 17.7 Å². The summed E-state index contributed by atoms with van der Waals surface area (Å²) in [6, 6.07) is 1.86. The number of benzene rings is 1. The summed E-state index contributed by atoms with van der Waals surface area (Å²) in [5.41, 5.74) is 3.21. The van der Waals surface area contributed by atoms with Crippen molar-refractivity contribution in [1.82, 2.24) is 5.16 Å². The van der Waals surface area contributed by atoms with E-state index in [-0.39, 0.29) is 17.4 Å². The molecule has 0 radical (unpaired) electrons. The molecule has 0 bridgehead atoms. The number of aromatic nitrogens is 1. The van der Waals surface area contributed by atoms with E-state index in [1.165, 1.54) is 0 Å². The number of alkyl halides is 3. The zero-order valence-corrected chi connectivity index (χ0v) is 13.1. The summed E-state index contributed by atoms with van der Waals surface area (Å²) >= 11 is 10.6. The number of halogens is 5. The number of carbonyl (C=O) groups excluding carboxylic acids is 1. The van der Waals surface area contributed by atoms with Gasteiger partial charge in [-0.15, -0.1) is 6.42 Å². The second kappa shape index (κ2) is 6.63. The first-order valence-corrected chi connectivity index (χ1v) is 6.84. The summed E-state index contributed by atoms with van der Waals surface area (Å²) in [6.45, 7) is -0.183. The topological polar surface area (TPSA) is 78.3 Å². The van der Waals surface area contributed by atoms with Crippen molar-refractivity contribution in [2.75, 3.05) is 6.61 Å². The van der Waals surface area contributed by atoms with E-state index in [1.54, 1.807) is 0 Å². The summed E-state index contributed by atoms with van der Waals surface area (Å²) in [5, 5.41) is -0.928. The van der Waals surface area contributed by atoms with E-state index in [0.29, 0.717) is 0 Å². The summed E-state index contributed by atoms with van der Waals surface area (Å²) in [5.74, 6) is -1.49. The number of hydrogen-bond donors (Lipinski definition) is 1. The third-order valence-electron chi connectivity index (χ3n) is 2.78. The van der Waals surface area contributed by atoms with Gasteiger partial charge in [0.05, 0.1) is 5.02 Å². The van der Waals surface area contributed by atoms with Crippen LogP contribution in [0.3, 0.4) is 0 Å². The molecule has 5 nitrogen and oxygen atoms in total. The molecule has 2 aromatic rings. The van der Waals surface area contributed by atoms with Gasteiger partial charge in [0.15, 0.2) is 0 Å². The molecule has 2 N–H and O–H groups in total. The summed E-state index contributed by atoms with van der Waals surface area (Å²) in [7, 11) is 0. The number of primary amides is 1. The summed E-state index contributed by atoms with van der Waals surface area (Å²) in [6.07, 6.45) is 5.04. The Bertz CT molecular complexity index is 841. The molecule has 24 heavy (non-hydrogen) atoms. The lowest BCUT2D eigenvalue weighted by Gasteiger charge is -2.09. The largest absolute Gasteiger partial charge is 0.479 e. The minimum absolute atomic E-state index is 0.0522. The van der Waals surface area contributed by atoms with Gasteiger partial charge in [0.25, 0.3) is 5.91 Å². The zero-order chi connectivity index (χ0) is 18.1. The van der Waals surface area contributed by atoms with Gasteiger partial charge in [0.1, 0.15) is 29.4 Å². The monoisotopic (exact) mass is 378 g/mol. The molecule has 0 aliphatic rings.